The molecule has 0 saturated carbocycles. The third kappa shape index (κ3) is 3.69. The van der Waals surface area contributed by atoms with Gasteiger partial charge in [0, 0.05) is 0 Å². The molecule has 0 aromatic heterocycles. The van der Waals surface area contributed by atoms with Crippen LogP contribution in [-0.4, -0.2) is 29.7 Å². The van der Waals surface area contributed by atoms with Crippen molar-refractivity contribution in [2.45, 2.75) is 6.92 Å². The summed E-state index contributed by atoms with van der Waals surface area (Å²) in [6.07, 6.45) is 0. The van der Waals surface area contributed by atoms with Gasteiger partial charge in [0.05, 0.1) is 0 Å². The van der Waals surface area contributed by atoms with E-state index in [1.54, 1.807) is 0 Å². The van der Waals surface area contributed by atoms with Crippen LogP contribution in [0.15, 0.2) is 11.6 Å². The van der Waals surface area contributed by atoms with Gasteiger partial charge in [-0.2, -0.15) is 0 Å². The first-order valence-electron chi connectivity index (χ1n) is 3.02. The van der Waals surface area contributed by atoms with Crippen LogP contribution < -0.4 is 0 Å². The molecule has 0 radical (unpaired) electrons. The van der Waals surface area contributed by atoms with Crippen molar-refractivity contribution in [3.05, 3.63) is 11.6 Å². The second-order valence-electron chi connectivity index (χ2n) is 1.86. The summed E-state index contributed by atoms with van der Waals surface area (Å²) in [6.45, 7) is 2.63. The normalized spacial score (nSPS) is 7.50. The van der Waals surface area contributed by atoms with E-state index in [0.717, 1.165) is 5.88 Å². The van der Waals surface area contributed by atoms with Gasteiger partial charge in [0.25, 0.3) is 0 Å². The van der Waals surface area contributed by atoms with Crippen LogP contribution in [0.5, 0.6) is 0 Å². The van der Waals surface area contributed by atoms with Gasteiger partial charge in [-0.25, -0.2) is 0 Å². The molecule has 10 heavy (non-hydrogen) atoms. The maximum atomic E-state index is 5.23. The van der Waals surface area contributed by atoms with Crippen molar-refractivity contribution in [1.82, 2.24) is 4.90 Å². The molecule has 0 atom stereocenters. The monoisotopic (exact) mass is 309 g/mol. The van der Waals surface area contributed by atoms with Crippen molar-refractivity contribution in [3.8, 4) is 0 Å². The van der Waals surface area contributed by atoms with E-state index in [2.05, 4.69) is 9.79 Å². The van der Waals surface area contributed by atoms with Crippen molar-refractivity contribution in [2.24, 2.45) is 0 Å². The van der Waals surface area contributed by atoms with Crippen LogP contribution in [-0.2, 0) is 24.1 Å². The zero-order chi connectivity index (χ0) is 7.98. The molecule has 0 spiro atoms. The van der Waals surface area contributed by atoms with Crippen LogP contribution in [0.1, 0.15) is 6.92 Å². The van der Waals surface area contributed by atoms with Gasteiger partial charge in [0.1, 0.15) is 0 Å². The minimum absolute atomic E-state index is 0.678. The Bertz CT molecular complexity index is 176. The zero-order valence-corrected chi connectivity index (χ0v) is 9.40. The fraction of sp³-hybridized carbons (Fsp3) is 0.571. The summed E-state index contributed by atoms with van der Waals surface area (Å²) in [5.74, 6) is 0.748. The van der Waals surface area contributed by atoms with Crippen molar-refractivity contribution >= 4 is 4.06 Å². The Kier molecular flexibility index (Phi) is 5.34. The molecular formula is C7H11NOW. The number of ether oxygens (including phenoxy) is 1. The Morgan fingerprint density at radius 3 is 2.50 bits per heavy atom. The molecule has 0 fully saturated rings. The molecule has 0 aliphatic carbocycles. The van der Waals surface area contributed by atoms with Gasteiger partial charge in [0.2, 0.25) is 0 Å². The van der Waals surface area contributed by atoms with Crippen molar-refractivity contribution in [2.75, 3.05) is 20.7 Å². The van der Waals surface area contributed by atoms with E-state index in [-0.39, 0.29) is 0 Å². The third-order valence-corrected chi connectivity index (χ3v) is 1.21. The third-order valence-electron chi connectivity index (χ3n) is 0.845. The topological polar surface area (TPSA) is 12.5 Å². The molecule has 0 aromatic rings. The fourth-order valence-electron chi connectivity index (χ4n) is 0.457. The molecule has 0 rings (SSSR count). The van der Waals surface area contributed by atoms with Crippen LogP contribution in [0.2, 0.25) is 0 Å². The van der Waals surface area contributed by atoms with E-state index < -0.39 is 0 Å². The molecule has 0 N–H and O–H groups in total. The molecule has 2 nitrogen and oxygen atoms in total. The van der Waals surface area contributed by atoms with Crippen LogP contribution >= 0.6 is 0 Å². The number of hydrogen-bond donors (Lipinski definition) is 0. The van der Waals surface area contributed by atoms with Crippen LogP contribution in [0.4, 0.5) is 0 Å². The van der Waals surface area contributed by atoms with Gasteiger partial charge in [-0.3, -0.25) is 0 Å². The Hall–Kier alpha value is -0.282. The van der Waals surface area contributed by atoms with E-state index in [9.17, 15) is 0 Å². The predicted molar refractivity (Wildman–Crippen MR) is 37.3 cm³/mol. The molecule has 3 heteroatoms. The molecule has 0 aromatic carbocycles. The summed E-state index contributed by atoms with van der Waals surface area (Å²) < 4.78 is 8.09. The van der Waals surface area contributed by atoms with Crippen LogP contribution in [0, 0.1) is 0 Å². The Labute approximate surface area is 72.6 Å². The van der Waals surface area contributed by atoms with Crippen LogP contribution in [0.3, 0.4) is 0 Å². The average Bonchev–Trinajstić information content (AvgIpc) is 1.87. The molecular weight excluding hydrogens is 298 g/mol. The second-order valence-corrected chi connectivity index (χ2v) is 2.59. The number of rotatable bonds is 3. The van der Waals surface area contributed by atoms with E-state index in [1.807, 2.05) is 25.9 Å². The summed E-state index contributed by atoms with van der Waals surface area (Å²) in [6, 6.07) is 0. The van der Waals surface area contributed by atoms with E-state index >= 15 is 0 Å². The van der Waals surface area contributed by atoms with Crippen LogP contribution in [0.25, 0.3) is 0 Å². The van der Waals surface area contributed by atoms with E-state index in [0.29, 0.717) is 6.61 Å². The molecule has 0 amide bonds. The first-order chi connectivity index (χ1) is 4.72. The van der Waals surface area contributed by atoms with Crippen molar-refractivity contribution < 1.29 is 24.1 Å². The van der Waals surface area contributed by atoms with E-state index in [1.165, 1.54) is 19.4 Å². The van der Waals surface area contributed by atoms with Gasteiger partial charge in [-0.05, 0) is 0 Å². The first-order valence-corrected chi connectivity index (χ1v) is 4.49. The molecule has 0 bridgehead atoms. The molecule has 0 unspecified atom stereocenters. The van der Waals surface area contributed by atoms with Gasteiger partial charge in [0.15, 0.2) is 0 Å². The summed E-state index contributed by atoms with van der Waals surface area (Å²) in [5, 5.41) is 0. The second kappa shape index (κ2) is 5.50. The fourth-order valence-corrected chi connectivity index (χ4v) is 0.771. The minimum atomic E-state index is 0.678. The molecule has 0 heterocycles. The molecule has 0 aliphatic heterocycles. The Morgan fingerprint density at radius 1 is 1.60 bits per heavy atom. The first kappa shape index (κ1) is 9.72. The van der Waals surface area contributed by atoms with Gasteiger partial charge in [-0.1, -0.05) is 0 Å². The SMILES string of the molecule is CCOC(=C=[C]=[W])N(C)C. The Morgan fingerprint density at radius 2 is 2.20 bits per heavy atom. The Balaban J connectivity index is 4.27. The molecule has 0 saturated heterocycles. The summed E-state index contributed by atoms with van der Waals surface area (Å²) >= 11 is 1.26. The maximum absolute atomic E-state index is 5.23. The van der Waals surface area contributed by atoms with Crippen molar-refractivity contribution in [1.29, 1.82) is 0 Å². The summed E-state index contributed by atoms with van der Waals surface area (Å²) in [7, 11) is 3.84. The van der Waals surface area contributed by atoms with Crippen molar-refractivity contribution in [3.63, 3.8) is 0 Å². The molecule has 0 aliphatic rings. The van der Waals surface area contributed by atoms with Gasteiger partial charge >= 0.3 is 72.3 Å². The van der Waals surface area contributed by atoms with E-state index in [4.69, 9.17) is 4.74 Å². The quantitative estimate of drug-likeness (QED) is 0.557. The van der Waals surface area contributed by atoms with Gasteiger partial charge < -0.3 is 0 Å². The molecule has 56 valence electrons. The number of nitrogens with zero attached hydrogens (tertiary/aromatic N) is 1. The predicted octanol–water partition coefficient (Wildman–Crippen LogP) is 0.529. The zero-order valence-electron chi connectivity index (χ0n) is 6.47. The number of hydrogen-bond acceptors (Lipinski definition) is 2. The standard InChI is InChI=1S/C7H11NO.W/c1-5-7(8(3)4)9-6-2;/h6H2,2-4H3;. The summed E-state index contributed by atoms with van der Waals surface area (Å²) in [5.41, 5.74) is 2.89. The summed E-state index contributed by atoms with van der Waals surface area (Å²) in [4.78, 5) is 1.87. The average molecular weight is 309 g/mol. The van der Waals surface area contributed by atoms with Gasteiger partial charge in [-0.15, -0.1) is 0 Å².